The molecule has 0 spiro atoms. The van der Waals surface area contributed by atoms with Crippen LogP contribution in [0.25, 0.3) is 33.9 Å². The molecule has 3 N–H and O–H groups in total. The summed E-state index contributed by atoms with van der Waals surface area (Å²) in [7, 11) is 0. The smallest absolute Gasteiger partial charge is 0.378 e. The summed E-state index contributed by atoms with van der Waals surface area (Å²) in [5.74, 6) is 0.173. The molecule has 5 aromatic rings. The summed E-state index contributed by atoms with van der Waals surface area (Å²) >= 11 is 0. The first-order valence-corrected chi connectivity index (χ1v) is 15.8. The summed E-state index contributed by atoms with van der Waals surface area (Å²) in [4.78, 5) is 17.9. The number of aromatic nitrogens is 2. The molecular formula is C38H39F3N4O3. The molecule has 1 aromatic heterocycles. The average molecular weight is 657 g/mol. The van der Waals surface area contributed by atoms with Crippen LogP contribution in [0.4, 0.5) is 13.2 Å². The molecule has 0 atom stereocenters. The lowest BCUT2D eigenvalue weighted by Crippen LogP contribution is -2.27. The van der Waals surface area contributed by atoms with E-state index in [4.69, 9.17) is 20.2 Å². The van der Waals surface area contributed by atoms with Crippen LogP contribution in [0.5, 0.6) is 0 Å². The van der Waals surface area contributed by atoms with Crippen molar-refractivity contribution in [3.8, 4) is 33.9 Å². The Kier molecular flexibility index (Phi) is 11.4. The first-order valence-electron chi connectivity index (χ1n) is 15.8. The van der Waals surface area contributed by atoms with E-state index < -0.39 is 11.7 Å². The molecule has 0 aliphatic rings. The topological polar surface area (TPSA) is 91.4 Å². The van der Waals surface area contributed by atoms with Crippen molar-refractivity contribution in [1.82, 2.24) is 14.9 Å². The van der Waals surface area contributed by atoms with Crippen LogP contribution in [0.1, 0.15) is 32.6 Å². The number of alkyl halides is 3. The number of carbonyl (C=O) groups is 1. The zero-order valence-corrected chi connectivity index (χ0v) is 27.0. The Hall–Kier alpha value is -4.77. The molecule has 0 fully saturated rings. The maximum Gasteiger partial charge on any atom is 0.416 e. The van der Waals surface area contributed by atoms with Crippen molar-refractivity contribution in [3.05, 3.63) is 125 Å². The minimum atomic E-state index is -4.51. The minimum Gasteiger partial charge on any atom is -0.378 e. The quantitative estimate of drug-likeness (QED) is 0.123. The number of halogens is 3. The van der Waals surface area contributed by atoms with E-state index in [0.29, 0.717) is 68.7 Å². The Bertz CT molecular complexity index is 1830. The summed E-state index contributed by atoms with van der Waals surface area (Å²) in [5, 5.41) is 2.85. The zero-order chi connectivity index (χ0) is 34.1. The number of nitrogens with zero attached hydrogens (tertiary/aromatic N) is 2. The number of hydrogen-bond acceptors (Lipinski definition) is 5. The lowest BCUT2D eigenvalue weighted by atomic mass is 9.98. The summed E-state index contributed by atoms with van der Waals surface area (Å²) in [5.41, 5.74) is 11.6. The third-order valence-electron chi connectivity index (χ3n) is 7.94. The molecule has 0 bridgehead atoms. The second-order valence-electron chi connectivity index (χ2n) is 11.4. The van der Waals surface area contributed by atoms with Gasteiger partial charge in [-0.05, 0) is 54.8 Å². The Morgan fingerprint density at radius 1 is 0.812 bits per heavy atom. The van der Waals surface area contributed by atoms with Gasteiger partial charge in [0.05, 0.1) is 43.4 Å². The highest BCUT2D eigenvalue weighted by molar-refractivity contribution is 5.94. The van der Waals surface area contributed by atoms with Gasteiger partial charge in [0.2, 0.25) is 0 Å². The molecule has 48 heavy (non-hydrogen) atoms. The molecule has 0 aliphatic carbocycles. The summed E-state index contributed by atoms with van der Waals surface area (Å²) < 4.78 is 54.3. The van der Waals surface area contributed by atoms with Crippen LogP contribution >= 0.6 is 0 Å². The van der Waals surface area contributed by atoms with Crippen LogP contribution in [-0.2, 0) is 22.2 Å². The third kappa shape index (κ3) is 8.38. The molecular weight excluding hydrogens is 617 g/mol. The Labute approximate surface area is 278 Å². The highest BCUT2D eigenvalue weighted by Gasteiger charge is 2.31. The Balaban J connectivity index is 1.50. The van der Waals surface area contributed by atoms with Gasteiger partial charge in [-0.1, -0.05) is 72.8 Å². The SMILES string of the molecule is Cc1ccccc1-c1nc(-c2cccc(C(F)(F)F)c2)n(Cc2ccc(C(=O)NCCOCCOCCN)cc2)c1-c1ccccc1C. The maximum absolute atomic E-state index is 13.9. The van der Waals surface area contributed by atoms with Crippen molar-refractivity contribution in [2.75, 3.05) is 39.5 Å². The van der Waals surface area contributed by atoms with Crippen molar-refractivity contribution in [2.45, 2.75) is 26.6 Å². The van der Waals surface area contributed by atoms with Crippen molar-refractivity contribution in [3.63, 3.8) is 0 Å². The predicted octanol–water partition coefficient (Wildman–Crippen LogP) is 7.29. The van der Waals surface area contributed by atoms with Crippen LogP contribution < -0.4 is 11.1 Å². The summed E-state index contributed by atoms with van der Waals surface area (Å²) in [6, 6.07) is 28.2. The molecule has 1 heterocycles. The minimum absolute atomic E-state index is 0.237. The molecule has 4 aromatic carbocycles. The number of carbonyl (C=O) groups excluding carboxylic acids is 1. The monoisotopic (exact) mass is 656 g/mol. The molecule has 5 rings (SSSR count). The van der Waals surface area contributed by atoms with Gasteiger partial charge in [0.15, 0.2) is 0 Å². The van der Waals surface area contributed by atoms with Gasteiger partial charge in [0.1, 0.15) is 5.82 Å². The van der Waals surface area contributed by atoms with E-state index in [1.165, 1.54) is 6.07 Å². The van der Waals surface area contributed by atoms with Crippen LogP contribution in [0.2, 0.25) is 0 Å². The van der Waals surface area contributed by atoms with Crippen LogP contribution in [0, 0.1) is 13.8 Å². The zero-order valence-electron chi connectivity index (χ0n) is 27.0. The van der Waals surface area contributed by atoms with E-state index in [-0.39, 0.29) is 5.91 Å². The number of ether oxygens (including phenoxy) is 2. The fourth-order valence-electron chi connectivity index (χ4n) is 5.49. The third-order valence-corrected chi connectivity index (χ3v) is 7.94. The van der Waals surface area contributed by atoms with E-state index in [1.807, 2.05) is 79.1 Å². The number of rotatable bonds is 14. The van der Waals surface area contributed by atoms with Crippen molar-refractivity contribution >= 4 is 5.91 Å². The van der Waals surface area contributed by atoms with Gasteiger partial charge in [-0.3, -0.25) is 4.79 Å². The number of benzene rings is 4. The molecule has 250 valence electrons. The maximum atomic E-state index is 13.9. The fourth-order valence-corrected chi connectivity index (χ4v) is 5.49. The Morgan fingerprint density at radius 3 is 2.10 bits per heavy atom. The molecule has 7 nitrogen and oxygen atoms in total. The van der Waals surface area contributed by atoms with Crippen molar-refractivity contribution in [1.29, 1.82) is 0 Å². The Morgan fingerprint density at radius 2 is 1.46 bits per heavy atom. The molecule has 0 radical (unpaired) electrons. The average Bonchev–Trinajstić information content (AvgIpc) is 3.44. The van der Waals surface area contributed by atoms with E-state index in [2.05, 4.69) is 5.32 Å². The second kappa shape index (κ2) is 15.9. The van der Waals surface area contributed by atoms with Crippen LogP contribution in [0.3, 0.4) is 0 Å². The lowest BCUT2D eigenvalue weighted by molar-refractivity contribution is -0.137. The number of aryl methyl sites for hydroxylation is 2. The summed E-state index contributed by atoms with van der Waals surface area (Å²) in [6.45, 7) is 6.78. The highest BCUT2D eigenvalue weighted by atomic mass is 19.4. The van der Waals surface area contributed by atoms with E-state index >= 15 is 0 Å². The largest absolute Gasteiger partial charge is 0.416 e. The number of amides is 1. The van der Waals surface area contributed by atoms with Gasteiger partial charge in [0, 0.05) is 41.9 Å². The normalized spacial score (nSPS) is 11.5. The molecule has 1 amide bonds. The standard InChI is InChI=1S/C38H39F3N4O3/c1-26-8-3-5-12-32(26)34-35(33-13-6-4-9-27(33)2)45(36(44-34)30-10-7-11-31(24-30)38(39,40)41)25-28-14-16-29(17-15-28)37(46)43-19-21-48-23-22-47-20-18-42/h3-17,24H,18-23,25,42H2,1-2H3,(H,43,46). The lowest BCUT2D eigenvalue weighted by Gasteiger charge is -2.16. The van der Waals surface area contributed by atoms with Gasteiger partial charge >= 0.3 is 6.18 Å². The van der Waals surface area contributed by atoms with Gasteiger partial charge in [0.25, 0.3) is 5.91 Å². The second-order valence-corrected chi connectivity index (χ2v) is 11.4. The molecule has 0 aliphatic heterocycles. The van der Waals surface area contributed by atoms with Crippen molar-refractivity contribution < 1.29 is 27.4 Å². The molecule has 0 unspecified atom stereocenters. The van der Waals surface area contributed by atoms with Gasteiger partial charge in [-0.15, -0.1) is 0 Å². The van der Waals surface area contributed by atoms with Crippen LogP contribution in [0.15, 0.2) is 97.1 Å². The fraction of sp³-hybridized carbons (Fsp3) is 0.263. The number of nitrogens with one attached hydrogen (secondary N) is 1. The van der Waals surface area contributed by atoms with Gasteiger partial charge in [-0.25, -0.2) is 4.98 Å². The number of imidazole rings is 1. The molecule has 0 saturated heterocycles. The molecule has 10 heteroatoms. The van der Waals surface area contributed by atoms with E-state index in [1.54, 1.807) is 18.2 Å². The van der Waals surface area contributed by atoms with E-state index in [0.717, 1.165) is 45.6 Å². The first kappa shape index (κ1) is 34.6. The predicted molar refractivity (Wildman–Crippen MR) is 182 cm³/mol. The van der Waals surface area contributed by atoms with Crippen LogP contribution in [-0.4, -0.2) is 55.0 Å². The summed E-state index contributed by atoms with van der Waals surface area (Å²) in [6.07, 6.45) is -4.51. The van der Waals surface area contributed by atoms with Gasteiger partial charge in [-0.2, -0.15) is 13.2 Å². The van der Waals surface area contributed by atoms with Crippen molar-refractivity contribution in [2.24, 2.45) is 5.73 Å². The number of nitrogens with two attached hydrogens (primary N) is 1. The molecule has 0 saturated carbocycles. The number of hydrogen-bond donors (Lipinski definition) is 2. The first-order chi connectivity index (χ1) is 23.2. The highest BCUT2D eigenvalue weighted by Crippen LogP contribution is 2.40. The van der Waals surface area contributed by atoms with E-state index in [9.17, 15) is 18.0 Å². The van der Waals surface area contributed by atoms with Gasteiger partial charge < -0.3 is 25.1 Å².